The van der Waals surface area contributed by atoms with E-state index in [2.05, 4.69) is 4.98 Å². The highest BCUT2D eigenvalue weighted by molar-refractivity contribution is 7.17. The Balaban J connectivity index is 2.42. The van der Waals surface area contributed by atoms with Crippen LogP contribution in [0.25, 0.3) is 10.6 Å². The number of benzene rings is 1. The molecule has 0 fully saturated rings. The van der Waals surface area contributed by atoms with E-state index in [1.54, 1.807) is 39.8 Å². The van der Waals surface area contributed by atoms with Crippen LogP contribution in [-0.4, -0.2) is 28.6 Å². The molecule has 24 heavy (non-hydrogen) atoms. The third-order valence-corrected chi connectivity index (χ3v) is 4.21. The van der Waals surface area contributed by atoms with Gasteiger partial charge in [0.1, 0.15) is 9.88 Å². The van der Waals surface area contributed by atoms with E-state index >= 15 is 0 Å². The zero-order chi connectivity index (χ0) is 17.9. The van der Waals surface area contributed by atoms with Crippen molar-refractivity contribution < 1.29 is 19.2 Å². The van der Waals surface area contributed by atoms with Crippen molar-refractivity contribution in [3.8, 4) is 16.3 Å². The van der Waals surface area contributed by atoms with Gasteiger partial charge in [0.25, 0.3) is 0 Å². The zero-order valence-corrected chi connectivity index (χ0v) is 14.7. The summed E-state index contributed by atoms with van der Waals surface area (Å²) in [7, 11) is 0. The maximum absolute atomic E-state index is 11.9. The summed E-state index contributed by atoms with van der Waals surface area (Å²) < 4.78 is 10.4. The van der Waals surface area contributed by atoms with Crippen molar-refractivity contribution in [3.05, 3.63) is 38.9 Å². The van der Waals surface area contributed by atoms with Crippen LogP contribution in [-0.2, 0) is 4.74 Å². The minimum Gasteiger partial charge on any atom is -0.484 e. The maximum atomic E-state index is 11.9. The largest absolute Gasteiger partial charge is 0.484 e. The van der Waals surface area contributed by atoms with E-state index in [1.807, 2.05) is 0 Å². The number of rotatable bonds is 6. The van der Waals surface area contributed by atoms with Gasteiger partial charge in [-0.05, 0) is 39.8 Å². The van der Waals surface area contributed by atoms with E-state index in [4.69, 9.17) is 9.47 Å². The number of aromatic nitrogens is 1. The molecule has 0 saturated heterocycles. The molecule has 0 unspecified atom stereocenters. The summed E-state index contributed by atoms with van der Waals surface area (Å²) in [6.07, 6.45) is -0.174. The van der Waals surface area contributed by atoms with Gasteiger partial charge in [0.05, 0.1) is 23.3 Å². The Morgan fingerprint density at radius 3 is 2.71 bits per heavy atom. The molecule has 2 rings (SSSR count). The number of ether oxygens (including phenoxy) is 2. The van der Waals surface area contributed by atoms with Crippen LogP contribution in [0.5, 0.6) is 5.75 Å². The topological polar surface area (TPSA) is 91.6 Å². The number of carbonyl (C=O) groups is 1. The molecule has 2 aromatic rings. The SMILES string of the molecule is CCOC(=O)c1sc(-c2ccc(OC(C)C)c([N+](=O)[O-])c2)nc1C. The molecular formula is C16H18N2O5S. The number of hydrogen-bond acceptors (Lipinski definition) is 7. The molecule has 0 spiro atoms. The van der Waals surface area contributed by atoms with Crippen molar-refractivity contribution in [1.82, 2.24) is 4.98 Å². The van der Waals surface area contributed by atoms with Gasteiger partial charge in [-0.1, -0.05) is 0 Å². The van der Waals surface area contributed by atoms with Gasteiger partial charge >= 0.3 is 11.7 Å². The molecule has 0 aliphatic carbocycles. The molecule has 0 radical (unpaired) electrons. The molecule has 0 bridgehead atoms. The summed E-state index contributed by atoms with van der Waals surface area (Å²) in [4.78, 5) is 27.4. The first kappa shape index (κ1) is 17.9. The number of esters is 1. The lowest BCUT2D eigenvalue weighted by atomic mass is 10.2. The lowest BCUT2D eigenvalue weighted by molar-refractivity contribution is -0.386. The summed E-state index contributed by atoms with van der Waals surface area (Å²) in [5, 5.41) is 11.8. The summed E-state index contributed by atoms with van der Waals surface area (Å²) in [6, 6.07) is 4.65. The molecule has 128 valence electrons. The standard InChI is InChI=1S/C16H18N2O5S/c1-5-22-16(19)14-10(4)17-15(24-14)11-6-7-13(23-9(2)3)12(8-11)18(20)21/h6-9H,5H2,1-4H3. The van der Waals surface area contributed by atoms with Crippen molar-refractivity contribution >= 4 is 23.0 Å². The van der Waals surface area contributed by atoms with E-state index in [9.17, 15) is 14.9 Å². The number of thiazole rings is 1. The van der Waals surface area contributed by atoms with E-state index < -0.39 is 10.9 Å². The Morgan fingerprint density at radius 1 is 1.42 bits per heavy atom. The predicted molar refractivity (Wildman–Crippen MR) is 90.7 cm³/mol. The van der Waals surface area contributed by atoms with Gasteiger partial charge in [0, 0.05) is 11.6 Å². The molecule has 0 N–H and O–H groups in total. The van der Waals surface area contributed by atoms with Crippen molar-refractivity contribution in [2.45, 2.75) is 33.8 Å². The van der Waals surface area contributed by atoms with Crippen LogP contribution in [0.1, 0.15) is 36.1 Å². The van der Waals surface area contributed by atoms with Gasteiger partial charge in [-0.3, -0.25) is 10.1 Å². The van der Waals surface area contributed by atoms with Gasteiger partial charge in [0.15, 0.2) is 5.75 Å². The molecule has 0 atom stereocenters. The minimum absolute atomic E-state index is 0.133. The molecule has 0 aliphatic heterocycles. The molecule has 7 nitrogen and oxygen atoms in total. The fraction of sp³-hybridized carbons (Fsp3) is 0.375. The highest BCUT2D eigenvalue weighted by Crippen LogP contribution is 2.35. The van der Waals surface area contributed by atoms with Crippen LogP contribution in [0.4, 0.5) is 5.69 Å². The second-order valence-corrected chi connectivity index (χ2v) is 6.26. The maximum Gasteiger partial charge on any atom is 0.350 e. The Hall–Kier alpha value is -2.48. The Morgan fingerprint density at radius 2 is 2.12 bits per heavy atom. The normalized spacial score (nSPS) is 10.7. The average Bonchev–Trinajstić information content (AvgIpc) is 2.89. The first-order valence-electron chi connectivity index (χ1n) is 7.43. The average molecular weight is 350 g/mol. The molecule has 1 aromatic heterocycles. The molecule has 0 aliphatic rings. The van der Waals surface area contributed by atoms with Crippen molar-refractivity contribution in [2.75, 3.05) is 6.61 Å². The molecular weight excluding hydrogens is 332 g/mol. The van der Waals surface area contributed by atoms with E-state index in [-0.39, 0.29) is 24.1 Å². The van der Waals surface area contributed by atoms with Crippen LogP contribution in [0.3, 0.4) is 0 Å². The number of nitro groups is 1. The van der Waals surface area contributed by atoms with Crippen molar-refractivity contribution in [1.29, 1.82) is 0 Å². The van der Waals surface area contributed by atoms with Crippen LogP contribution < -0.4 is 4.74 Å². The molecule has 0 amide bonds. The quantitative estimate of drug-likeness (QED) is 0.444. The Labute approximate surface area is 143 Å². The number of aryl methyl sites for hydroxylation is 1. The van der Waals surface area contributed by atoms with Crippen LogP contribution >= 0.6 is 11.3 Å². The third kappa shape index (κ3) is 3.88. The summed E-state index contributed by atoms with van der Waals surface area (Å²) >= 11 is 1.15. The fourth-order valence-corrected chi connectivity index (χ4v) is 3.01. The van der Waals surface area contributed by atoms with E-state index in [1.165, 1.54) is 6.07 Å². The highest BCUT2D eigenvalue weighted by atomic mass is 32.1. The second kappa shape index (κ2) is 7.39. The van der Waals surface area contributed by atoms with E-state index in [0.717, 1.165) is 11.3 Å². The lowest BCUT2D eigenvalue weighted by Crippen LogP contribution is -2.07. The molecule has 1 aromatic carbocycles. The molecule has 0 saturated carbocycles. The smallest absolute Gasteiger partial charge is 0.350 e. The van der Waals surface area contributed by atoms with Crippen molar-refractivity contribution in [3.63, 3.8) is 0 Å². The van der Waals surface area contributed by atoms with Gasteiger partial charge in [-0.15, -0.1) is 11.3 Å². The summed E-state index contributed by atoms with van der Waals surface area (Å²) in [5.41, 5.74) is 0.965. The Bertz CT molecular complexity index is 770. The predicted octanol–water partition coefficient (Wildman–Crippen LogP) is 3.99. The van der Waals surface area contributed by atoms with Crippen LogP contribution in [0, 0.1) is 17.0 Å². The minimum atomic E-state index is -0.492. The fourth-order valence-electron chi connectivity index (χ4n) is 2.05. The Kier molecular flexibility index (Phi) is 5.50. The summed E-state index contributed by atoms with van der Waals surface area (Å²) in [6.45, 7) is 7.31. The van der Waals surface area contributed by atoms with Gasteiger partial charge in [-0.25, -0.2) is 9.78 Å². The monoisotopic (exact) mass is 350 g/mol. The number of nitrogens with zero attached hydrogens (tertiary/aromatic N) is 2. The third-order valence-electron chi connectivity index (χ3n) is 3.02. The first-order chi connectivity index (χ1) is 11.3. The van der Waals surface area contributed by atoms with Gasteiger partial charge in [0.2, 0.25) is 0 Å². The van der Waals surface area contributed by atoms with Crippen LogP contribution in [0.2, 0.25) is 0 Å². The zero-order valence-electron chi connectivity index (χ0n) is 13.9. The van der Waals surface area contributed by atoms with Crippen molar-refractivity contribution in [2.24, 2.45) is 0 Å². The number of hydrogen-bond donors (Lipinski definition) is 0. The molecule has 8 heteroatoms. The van der Waals surface area contributed by atoms with Gasteiger partial charge in [-0.2, -0.15) is 0 Å². The lowest BCUT2D eigenvalue weighted by Gasteiger charge is -2.10. The first-order valence-corrected chi connectivity index (χ1v) is 8.25. The molecule has 1 heterocycles. The van der Waals surface area contributed by atoms with Gasteiger partial charge < -0.3 is 9.47 Å². The highest BCUT2D eigenvalue weighted by Gasteiger charge is 2.21. The number of nitro benzene ring substituents is 1. The second-order valence-electron chi connectivity index (χ2n) is 5.26. The van der Waals surface area contributed by atoms with Crippen LogP contribution in [0.15, 0.2) is 18.2 Å². The van der Waals surface area contributed by atoms with E-state index in [0.29, 0.717) is 21.1 Å². The summed E-state index contributed by atoms with van der Waals surface area (Å²) in [5.74, 6) is -0.231. The number of carbonyl (C=O) groups excluding carboxylic acids is 1.